The number of nitro groups is 1. The number of anilines is 2. The molecule has 4 rings (SSSR count). The van der Waals surface area contributed by atoms with Crippen molar-refractivity contribution in [2.45, 2.75) is 19.8 Å². The van der Waals surface area contributed by atoms with Gasteiger partial charge in [0.05, 0.1) is 15.1 Å². The van der Waals surface area contributed by atoms with E-state index in [1.807, 2.05) is 4.90 Å². The van der Waals surface area contributed by atoms with Gasteiger partial charge in [0.1, 0.15) is 11.5 Å². The molecule has 0 saturated carbocycles. The number of rotatable bonds is 4. The highest BCUT2D eigenvalue weighted by atomic mass is 32.1. The summed E-state index contributed by atoms with van der Waals surface area (Å²) < 4.78 is 13.9. The number of carbonyl (C=O) groups is 1. The molecule has 0 atom stereocenters. The van der Waals surface area contributed by atoms with Crippen LogP contribution in [-0.2, 0) is 0 Å². The average Bonchev–Trinajstić information content (AvgIpc) is 3.09. The summed E-state index contributed by atoms with van der Waals surface area (Å²) in [7, 11) is 0. The molecule has 0 unspecified atom stereocenters. The molecule has 150 valence electrons. The number of nitrogens with zero attached hydrogens (tertiary/aromatic N) is 3. The predicted octanol–water partition coefficient (Wildman–Crippen LogP) is 4.83. The van der Waals surface area contributed by atoms with Gasteiger partial charge >= 0.3 is 0 Å². The summed E-state index contributed by atoms with van der Waals surface area (Å²) in [5, 5.41) is 14.6. The number of carbonyl (C=O) groups excluding carboxylic acids is 1. The number of thiazole rings is 1. The van der Waals surface area contributed by atoms with Gasteiger partial charge in [0.25, 0.3) is 11.6 Å². The fourth-order valence-electron chi connectivity index (χ4n) is 3.45. The van der Waals surface area contributed by atoms with Crippen LogP contribution in [0.1, 0.15) is 30.1 Å². The van der Waals surface area contributed by atoms with Crippen LogP contribution in [0.25, 0.3) is 10.2 Å². The van der Waals surface area contributed by atoms with Gasteiger partial charge in [0, 0.05) is 24.7 Å². The van der Waals surface area contributed by atoms with Crippen LogP contribution in [0.15, 0.2) is 36.4 Å². The molecule has 7 nitrogen and oxygen atoms in total. The molecule has 1 N–H and O–H groups in total. The molecule has 0 spiro atoms. The van der Waals surface area contributed by atoms with E-state index in [0.29, 0.717) is 27.0 Å². The van der Waals surface area contributed by atoms with Crippen molar-refractivity contribution in [1.82, 2.24) is 4.98 Å². The van der Waals surface area contributed by atoms with Crippen molar-refractivity contribution < 1.29 is 14.1 Å². The van der Waals surface area contributed by atoms with E-state index >= 15 is 0 Å². The van der Waals surface area contributed by atoms with E-state index in [4.69, 9.17) is 0 Å². The van der Waals surface area contributed by atoms with Gasteiger partial charge in [-0.1, -0.05) is 18.3 Å². The number of nitrogens with one attached hydrogen (secondary N) is 1. The monoisotopic (exact) mass is 414 g/mol. The van der Waals surface area contributed by atoms with Gasteiger partial charge in [-0.25, -0.2) is 9.37 Å². The van der Waals surface area contributed by atoms with E-state index < -0.39 is 10.8 Å². The summed E-state index contributed by atoms with van der Waals surface area (Å²) in [6.07, 6.45) is 1.97. The Morgan fingerprint density at radius 2 is 2.03 bits per heavy atom. The second-order valence-corrected chi connectivity index (χ2v) is 8.25. The van der Waals surface area contributed by atoms with E-state index in [1.54, 1.807) is 12.1 Å². The van der Waals surface area contributed by atoms with Crippen molar-refractivity contribution in [2.24, 2.45) is 5.92 Å². The van der Waals surface area contributed by atoms with Crippen molar-refractivity contribution in [3.63, 3.8) is 0 Å². The second-order valence-electron chi connectivity index (χ2n) is 7.22. The van der Waals surface area contributed by atoms with Gasteiger partial charge < -0.3 is 4.90 Å². The smallest absolute Gasteiger partial charge is 0.293 e. The van der Waals surface area contributed by atoms with E-state index in [2.05, 4.69) is 17.2 Å². The SMILES string of the molecule is CC1CCN(c2ccc(C(=O)Nc3nc4ccc(F)cc4s3)cc2[N+](=O)[O-])CC1. The normalized spacial score (nSPS) is 14.9. The van der Waals surface area contributed by atoms with E-state index in [9.17, 15) is 19.3 Å². The fourth-order valence-corrected chi connectivity index (χ4v) is 4.33. The van der Waals surface area contributed by atoms with Crippen molar-refractivity contribution >= 4 is 44.0 Å². The highest BCUT2D eigenvalue weighted by molar-refractivity contribution is 7.22. The minimum Gasteiger partial charge on any atom is -0.366 e. The quantitative estimate of drug-likeness (QED) is 0.488. The second kappa shape index (κ2) is 7.75. The maximum atomic E-state index is 13.3. The number of piperidine rings is 1. The van der Waals surface area contributed by atoms with Gasteiger partial charge in [0.2, 0.25) is 0 Å². The van der Waals surface area contributed by atoms with Gasteiger partial charge in [-0.15, -0.1) is 0 Å². The lowest BCUT2D eigenvalue weighted by molar-refractivity contribution is -0.384. The molecule has 2 aromatic carbocycles. The summed E-state index contributed by atoms with van der Waals surface area (Å²) in [4.78, 5) is 30.0. The number of hydrogen-bond acceptors (Lipinski definition) is 6. The zero-order chi connectivity index (χ0) is 20.5. The van der Waals surface area contributed by atoms with Crippen molar-refractivity contribution in [3.05, 3.63) is 57.9 Å². The predicted molar refractivity (Wildman–Crippen MR) is 111 cm³/mol. The zero-order valence-electron chi connectivity index (χ0n) is 15.7. The van der Waals surface area contributed by atoms with Crippen molar-refractivity contribution in [1.29, 1.82) is 0 Å². The third-order valence-electron chi connectivity index (χ3n) is 5.13. The standard InChI is InChI=1S/C20H19FN4O3S/c1-12-6-8-24(9-7-12)16-5-2-13(10-17(16)25(27)28)19(26)23-20-22-15-4-3-14(21)11-18(15)29-20/h2-5,10-12H,6-9H2,1H3,(H,22,23,26). The van der Waals surface area contributed by atoms with E-state index in [1.165, 1.54) is 24.3 Å². The molecular formula is C20H19FN4O3S. The first-order valence-corrected chi connectivity index (χ1v) is 10.1. The third kappa shape index (κ3) is 4.04. The van der Waals surface area contributed by atoms with Crippen LogP contribution in [0.4, 0.5) is 20.9 Å². The summed E-state index contributed by atoms with van der Waals surface area (Å²) >= 11 is 1.15. The lowest BCUT2D eigenvalue weighted by Crippen LogP contribution is -2.33. The maximum Gasteiger partial charge on any atom is 0.293 e. The summed E-state index contributed by atoms with van der Waals surface area (Å²) in [5.41, 5.74) is 1.20. The average molecular weight is 414 g/mol. The van der Waals surface area contributed by atoms with Gasteiger partial charge in [0.15, 0.2) is 5.13 Å². The topological polar surface area (TPSA) is 88.4 Å². The Kier molecular flexibility index (Phi) is 5.14. The summed E-state index contributed by atoms with van der Waals surface area (Å²) in [5.74, 6) is -0.263. The molecule has 1 fully saturated rings. The molecule has 1 aromatic heterocycles. The molecule has 9 heteroatoms. The zero-order valence-corrected chi connectivity index (χ0v) is 16.5. The Bertz CT molecular complexity index is 1090. The first-order valence-electron chi connectivity index (χ1n) is 9.31. The van der Waals surface area contributed by atoms with Crippen molar-refractivity contribution in [2.75, 3.05) is 23.3 Å². The fraction of sp³-hybridized carbons (Fsp3) is 0.300. The highest BCUT2D eigenvalue weighted by Crippen LogP contribution is 2.33. The summed E-state index contributed by atoms with van der Waals surface area (Å²) in [6.45, 7) is 3.70. The summed E-state index contributed by atoms with van der Waals surface area (Å²) in [6, 6.07) is 8.71. The Labute approximate surface area is 170 Å². The lowest BCUT2D eigenvalue weighted by Gasteiger charge is -2.31. The number of amides is 1. The molecule has 3 aromatic rings. The number of nitro benzene ring substituents is 1. The molecule has 2 heterocycles. The molecule has 0 radical (unpaired) electrons. The van der Waals surface area contributed by atoms with Crippen LogP contribution < -0.4 is 10.2 Å². The van der Waals surface area contributed by atoms with Gasteiger partial charge in [-0.2, -0.15) is 0 Å². The van der Waals surface area contributed by atoms with Crippen molar-refractivity contribution in [3.8, 4) is 0 Å². The molecule has 0 aliphatic carbocycles. The Morgan fingerprint density at radius 1 is 1.28 bits per heavy atom. The largest absolute Gasteiger partial charge is 0.366 e. The third-order valence-corrected chi connectivity index (χ3v) is 6.06. The first-order chi connectivity index (χ1) is 13.9. The van der Waals surface area contributed by atoms with Crippen LogP contribution in [-0.4, -0.2) is 28.9 Å². The minimum atomic E-state index is -0.494. The molecule has 1 aliphatic rings. The van der Waals surface area contributed by atoms with E-state index in [-0.39, 0.29) is 17.1 Å². The molecule has 29 heavy (non-hydrogen) atoms. The van der Waals surface area contributed by atoms with Crippen LogP contribution >= 0.6 is 11.3 Å². The molecule has 1 saturated heterocycles. The molecule has 1 amide bonds. The van der Waals surface area contributed by atoms with Crippen LogP contribution in [0.3, 0.4) is 0 Å². The lowest BCUT2D eigenvalue weighted by atomic mass is 9.98. The maximum absolute atomic E-state index is 13.3. The Balaban J connectivity index is 1.57. The van der Waals surface area contributed by atoms with Crippen LogP contribution in [0, 0.1) is 21.8 Å². The minimum absolute atomic E-state index is 0.0847. The first kappa shape index (κ1) is 19.3. The number of halogens is 1. The Hall–Kier alpha value is -3.07. The number of fused-ring (bicyclic) bond motifs is 1. The number of hydrogen-bond donors (Lipinski definition) is 1. The Morgan fingerprint density at radius 3 is 2.76 bits per heavy atom. The number of benzene rings is 2. The van der Waals surface area contributed by atoms with E-state index in [0.717, 1.165) is 37.3 Å². The van der Waals surface area contributed by atoms with Crippen LogP contribution in [0.2, 0.25) is 0 Å². The number of aromatic nitrogens is 1. The van der Waals surface area contributed by atoms with Crippen LogP contribution in [0.5, 0.6) is 0 Å². The van der Waals surface area contributed by atoms with Gasteiger partial charge in [-0.05, 0) is 49.1 Å². The molecule has 1 aliphatic heterocycles. The highest BCUT2D eigenvalue weighted by Gasteiger charge is 2.25. The molecule has 0 bridgehead atoms. The van der Waals surface area contributed by atoms with Gasteiger partial charge in [-0.3, -0.25) is 20.2 Å². The molecular weight excluding hydrogens is 395 g/mol.